The lowest BCUT2D eigenvalue weighted by molar-refractivity contribution is 0.0978. The first-order chi connectivity index (χ1) is 8.57. The predicted molar refractivity (Wildman–Crippen MR) is 80.9 cm³/mol. The van der Waals surface area contributed by atoms with E-state index in [1.54, 1.807) is 11.3 Å². The molecule has 1 saturated heterocycles. The summed E-state index contributed by atoms with van der Waals surface area (Å²) < 4.78 is 0.371. The van der Waals surface area contributed by atoms with Crippen LogP contribution in [0.15, 0.2) is 17.5 Å². The summed E-state index contributed by atoms with van der Waals surface area (Å²) in [5, 5.41) is 1.97. The minimum absolute atomic E-state index is 0.302. The minimum atomic E-state index is 0.302. The molecule has 0 bridgehead atoms. The fraction of sp³-hybridized carbons (Fsp3) is 0.643. The first kappa shape index (κ1) is 14.1. The fourth-order valence-electron chi connectivity index (χ4n) is 2.33. The molecule has 0 spiro atoms. The molecule has 1 aliphatic heterocycles. The van der Waals surface area contributed by atoms with Gasteiger partial charge in [-0.05, 0) is 38.3 Å². The Morgan fingerprint density at radius 1 is 1.50 bits per heavy atom. The summed E-state index contributed by atoms with van der Waals surface area (Å²) in [5.41, 5.74) is 0. The van der Waals surface area contributed by atoms with E-state index in [4.69, 9.17) is 0 Å². The topological polar surface area (TPSA) is 20.3 Å². The average molecular weight is 283 g/mol. The van der Waals surface area contributed by atoms with Crippen molar-refractivity contribution in [3.05, 3.63) is 22.4 Å². The molecule has 1 aliphatic rings. The van der Waals surface area contributed by atoms with Gasteiger partial charge in [-0.15, -0.1) is 11.3 Å². The van der Waals surface area contributed by atoms with E-state index >= 15 is 0 Å². The summed E-state index contributed by atoms with van der Waals surface area (Å²) in [6, 6.07) is 3.87. The van der Waals surface area contributed by atoms with Crippen LogP contribution in [0.2, 0.25) is 0 Å². The van der Waals surface area contributed by atoms with E-state index in [0.29, 0.717) is 17.0 Å². The predicted octanol–water partition coefficient (Wildman–Crippen LogP) is 3.54. The molecule has 4 heteroatoms. The van der Waals surface area contributed by atoms with Crippen LogP contribution in [0, 0.1) is 0 Å². The van der Waals surface area contributed by atoms with Gasteiger partial charge in [-0.25, -0.2) is 0 Å². The summed E-state index contributed by atoms with van der Waals surface area (Å²) in [5.74, 6) is 1.52. The molecule has 1 aromatic heterocycles. The van der Waals surface area contributed by atoms with Crippen molar-refractivity contribution in [2.75, 3.05) is 25.4 Å². The normalized spacial score (nSPS) is 19.9. The molecule has 2 nitrogen and oxygen atoms in total. The molecule has 0 saturated carbocycles. The van der Waals surface area contributed by atoms with Crippen molar-refractivity contribution in [2.45, 2.75) is 31.4 Å². The second-order valence-electron chi connectivity index (χ2n) is 5.39. The van der Waals surface area contributed by atoms with Gasteiger partial charge in [-0.1, -0.05) is 6.07 Å². The number of carbonyl (C=O) groups excluding carboxylic acids is 1. The molecule has 100 valence electrons. The Morgan fingerprint density at radius 3 is 3.00 bits per heavy atom. The zero-order valence-electron chi connectivity index (χ0n) is 11.1. The van der Waals surface area contributed by atoms with Crippen molar-refractivity contribution in [2.24, 2.45) is 0 Å². The van der Waals surface area contributed by atoms with Gasteiger partial charge >= 0.3 is 0 Å². The van der Waals surface area contributed by atoms with Crippen molar-refractivity contribution in [3.63, 3.8) is 0 Å². The molecule has 0 aliphatic carbocycles. The van der Waals surface area contributed by atoms with Crippen molar-refractivity contribution in [3.8, 4) is 0 Å². The van der Waals surface area contributed by atoms with Gasteiger partial charge in [-0.3, -0.25) is 4.79 Å². The Morgan fingerprint density at radius 2 is 2.33 bits per heavy atom. The van der Waals surface area contributed by atoms with Crippen molar-refractivity contribution < 1.29 is 4.79 Å². The Bertz CT molecular complexity index is 387. The summed E-state index contributed by atoms with van der Waals surface area (Å²) >= 11 is 3.61. The third kappa shape index (κ3) is 4.11. The van der Waals surface area contributed by atoms with Gasteiger partial charge < -0.3 is 4.90 Å². The molecular formula is C14H21NOS2. The number of carbonyl (C=O) groups is 1. The van der Waals surface area contributed by atoms with E-state index < -0.39 is 0 Å². The molecule has 0 unspecified atom stereocenters. The van der Waals surface area contributed by atoms with E-state index in [-0.39, 0.29) is 0 Å². The third-order valence-corrected chi connectivity index (χ3v) is 5.39. The Balaban J connectivity index is 1.71. The molecular weight excluding hydrogens is 262 g/mol. The zero-order chi connectivity index (χ0) is 13.0. The lowest BCUT2D eigenvalue weighted by Crippen LogP contribution is -2.43. The molecule has 1 fully saturated rings. The van der Waals surface area contributed by atoms with Crippen LogP contribution in [0.1, 0.15) is 36.4 Å². The molecule has 2 heterocycles. The highest BCUT2D eigenvalue weighted by molar-refractivity contribution is 8.00. The Hall–Kier alpha value is -0.320. The van der Waals surface area contributed by atoms with Crippen LogP contribution in [-0.4, -0.2) is 40.8 Å². The molecule has 0 aromatic carbocycles. The third-order valence-electron chi connectivity index (χ3n) is 3.18. The number of hydrogen-bond donors (Lipinski definition) is 0. The van der Waals surface area contributed by atoms with Crippen molar-refractivity contribution in [1.29, 1.82) is 0 Å². The smallest absolute Gasteiger partial charge is 0.172 e. The van der Waals surface area contributed by atoms with E-state index in [1.807, 2.05) is 17.5 Å². The van der Waals surface area contributed by atoms with Gasteiger partial charge in [0, 0.05) is 30.0 Å². The van der Waals surface area contributed by atoms with E-state index in [2.05, 4.69) is 30.5 Å². The maximum absolute atomic E-state index is 11.9. The maximum Gasteiger partial charge on any atom is 0.172 e. The fourth-order valence-corrected chi connectivity index (χ4v) is 4.20. The largest absolute Gasteiger partial charge is 0.301 e. The number of thiophene rings is 1. The molecule has 0 N–H and O–H groups in total. The number of ketones is 1. The van der Waals surface area contributed by atoms with Crippen LogP contribution < -0.4 is 0 Å². The van der Waals surface area contributed by atoms with Crippen LogP contribution in [0.3, 0.4) is 0 Å². The quantitative estimate of drug-likeness (QED) is 0.771. The number of nitrogens with zero attached hydrogens (tertiary/aromatic N) is 1. The monoisotopic (exact) mass is 283 g/mol. The van der Waals surface area contributed by atoms with E-state index in [1.165, 1.54) is 12.3 Å². The van der Waals surface area contributed by atoms with E-state index in [0.717, 1.165) is 24.4 Å². The first-order valence-corrected chi connectivity index (χ1v) is 8.36. The average Bonchev–Trinajstić information content (AvgIpc) is 2.81. The molecule has 1 aromatic rings. The Kier molecular flexibility index (Phi) is 4.87. The molecule has 18 heavy (non-hydrogen) atoms. The maximum atomic E-state index is 11.9. The highest BCUT2D eigenvalue weighted by atomic mass is 32.2. The molecule has 0 radical (unpaired) electrons. The number of Topliss-reactive ketones (excluding diaryl/α,β-unsaturated/α-hetero) is 1. The van der Waals surface area contributed by atoms with Crippen LogP contribution in [0.4, 0.5) is 0 Å². The molecule has 0 amide bonds. The lowest BCUT2D eigenvalue weighted by Gasteiger charge is -2.37. The summed E-state index contributed by atoms with van der Waals surface area (Å²) in [4.78, 5) is 15.3. The standard InChI is InChI=1S/C14H21NOS2/c1-14(2)11-15(8-10-18-14)7-3-5-12(16)13-6-4-9-17-13/h4,6,9H,3,5,7-8,10-11H2,1-2H3. The zero-order valence-corrected chi connectivity index (χ0v) is 12.8. The number of hydrogen-bond acceptors (Lipinski definition) is 4. The summed E-state index contributed by atoms with van der Waals surface area (Å²) in [6.07, 6.45) is 1.67. The molecule has 2 rings (SSSR count). The first-order valence-electron chi connectivity index (χ1n) is 6.50. The van der Waals surface area contributed by atoms with Crippen molar-refractivity contribution >= 4 is 28.9 Å². The second kappa shape index (κ2) is 6.22. The van der Waals surface area contributed by atoms with Gasteiger partial charge in [-0.2, -0.15) is 11.8 Å². The lowest BCUT2D eigenvalue weighted by atomic mass is 10.1. The van der Waals surface area contributed by atoms with Crippen molar-refractivity contribution in [1.82, 2.24) is 4.90 Å². The summed E-state index contributed by atoms with van der Waals surface area (Å²) in [7, 11) is 0. The van der Waals surface area contributed by atoms with Gasteiger partial charge in [0.15, 0.2) is 5.78 Å². The Labute approximate surface area is 118 Å². The van der Waals surface area contributed by atoms with Gasteiger partial charge in [0.1, 0.15) is 0 Å². The molecule has 0 atom stereocenters. The van der Waals surface area contributed by atoms with Crippen LogP contribution in [-0.2, 0) is 0 Å². The number of rotatable bonds is 5. The second-order valence-corrected chi connectivity index (χ2v) is 8.14. The van der Waals surface area contributed by atoms with Crippen LogP contribution >= 0.6 is 23.1 Å². The summed E-state index contributed by atoms with van der Waals surface area (Å²) in [6.45, 7) is 7.98. The van der Waals surface area contributed by atoms with E-state index in [9.17, 15) is 4.79 Å². The van der Waals surface area contributed by atoms with Crippen LogP contribution in [0.5, 0.6) is 0 Å². The SMILES string of the molecule is CC1(C)CN(CCCC(=O)c2cccs2)CCS1. The van der Waals surface area contributed by atoms with Gasteiger partial charge in [0.25, 0.3) is 0 Å². The number of thioether (sulfide) groups is 1. The van der Waals surface area contributed by atoms with Crippen LogP contribution in [0.25, 0.3) is 0 Å². The highest BCUT2D eigenvalue weighted by Gasteiger charge is 2.26. The van der Waals surface area contributed by atoms with Gasteiger partial charge in [0.2, 0.25) is 0 Å². The highest BCUT2D eigenvalue weighted by Crippen LogP contribution is 2.29. The minimum Gasteiger partial charge on any atom is -0.301 e. The van der Waals surface area contributed by atoms with Gasteiger partial charge in [0.05, 0.1) is 4.88 Å².